The van der Waals surface area contributed by atoms with Gasteiger partial charge >= 0.3 is 6.09 Å². The number of ether oxygens (including phenoxy) is 2. The molecule has 13 heavy (non-hydrogen) atoms. The van der Waals surface area contributed by atoms with Crippen LogP contribution in [-0.4, -0.2) is 31.5 Å². The third kappa shape index (κ3) is 1.63. The van der Waals surface area contributed by atoms with Crippen molar-refractivity contribution in [1.82, 2.24) is 5.32 Å². The highest BCUT2D eigenvalue weighted by Gasteiger charge is 2.43. The normalized spacial score (nSPS) is 35.6. The molecule has 2 rings (SSSR count). The highest BCUT2D eigenvalue weighted by atomic mass is 16.6. The van der Waals surface area contributed by atoms with E-state index in [2.05, 4.69) is 5.32 Å². The zero-order valence-corrected chi connectivity index (χ0v) is 7.84. The number of alkyl carbamates (subject to hydrolysis) is 1. The minimum absolute atomic E-state index is 0.283. The summed E-state index contributed by atoms with van der Waals surface area (Å²) >= 11 is 0. The molecule has 0 aromatic heterocycles. The molecule has 2 aliphatic heterocycles. The van der Waals surface area contributed by atoms with E-state index in [1.807, 2.05) is 6.92 Å². The number of carbonyl (C=O) groups is 1. The van der Waals surface area contributed by atoms with Crippen LogP contribution in [0.15, 0.2) is 0 Å². The summed E-state index contributed by atoms with van der Waals surface area (Å²) < 4.78 is 10.6. The van der Waals surface area contributed by atoms with Gasteiger partial charge in [-0.3, -0.25) is 0 Å². The minimum atomic E-state index is -0.305. The predicted molar refractivity (Wildman–Crippen MR) is 46.4 cm³/mol. The molecule has 4 heteroatoms. The lowest BCUT2D eigenvalue weighted by atomic mass is 9.83. The van der Waals surface area contributed by atoms with E-state index in [0.29, 0.717) is 12.5 Å². The monoisotopic (exact) mass is 185 g/mol. The van der Waals surface area contributed by atoms with E-state index in [4.69, 9.17) is 9.47 Å². The lowest BCUT2D eigenvalue weighted by Crippen LogP contribution is -2.41. The van der Waals surface area contributed by atoms with Crippen LogP contribution >= 0.6 is 0 Å². The zero-order chi connectivity index (χ0) is 9.31. The van der Waals surface area contributed by atoms with E-state index >= 15 is 0 Å². The average molecular weight is 185 g/mol. The second-order valence-corrected chi connectivity index (χ2v) is 3.94. The van der Waals surface area contributed by atoms with Gasteiger partial charge in [0, 0.05) is 19.1 Å². The van der Waals surface area contributed by atoms with Crippen molar-refractivity contribution in [1.29, 1.82) is 0 Å². The molecule has 2 saturated heterocycles. The maximum Gasteiger partial charge on any atom is 0.407 e. The molecule has 2 heterocycles. The summed E-state index contributed by atoms with van der Waals surface area (Å²) in [6.07, 6.45) is 1.70. The second-order valence-electron chi connectivity index (χ2n) is 3.94. The van der Waals surface area contributed by atoms with Crippen LogP contribution in [0.2, 0.25) is 0 Å². The maximum absolute atomic E-state index is 10.9. The fourth-order valence-electron chi connectivity index (χ4n) is 2.07. The molecule has 4 nitrogen and oxygen atoms in total. The largest absolute Gasteiger partial charge is 0.441 e. The van der Waals surface area contributed by atoms with Crippen molar-refractivity contribution >= 4 is 6.09 Å². The molecule has 0 spiro atoms. The van der Waals surface area contributed by atoms with Crippen LogP contribution in [0, 0.1) is 5.92 Å². The Balaban J connectivity index is 2.01. The summed E-state index contributed by atoms with van der Waals surface area (Å²) in [5.41, 5.74) is -0.305. The lowest BCUT2D eigenvalue weighted by Gasteiger charge is -2.34. The van der Waals surface area contributed by atoms with Gasteiger partial charge in [-0.2, -0.15) is 0 Å². The maximum atomic E-state index is 10.9. The average Bonchev–Trinajstić information content (AvgIpc) is 2.49. The lowest BCUT2D eigenvalue weighted by molar-refractivity contribution is -0.0347. The molecular formula is C9H15NO3. The van der Waals surface area contributed by atoms with Crippen LogP contribution in [0.1, 0.15) is 19.8 Å². The van der Waals surface area contributed by atoms with Gasteiger partial charge in [-0.15, -0.1) is 0 Å². The summed E-state index contributed by atoms with van der Waals surface area (Å²) in [6, 6.07) is 0. The first-order chi connectivity index (χ1) is 6.21. The summed E-state index contributed by atoms with van der Waals surface area (Å²) in [7, 11) is 0. The molecule has 1 N–H and O–H groups in total. The quantitative estimate of drug-likeness (QED) is 0.660. The van der Waals surface area contributed by atoms with E-state index in [9.17, 15) is 4.79 Å². The first kappa shape index (κ1) is 8.81. The van der Waals surface area contributed by atoms with Crippen molar-refractivity contribution in [2.24, 2.45) is 5.92 Å². The van der Waals surface area contributed by atoms with E-state index < -0.39 is 0 Å². The van der Waals surface area contributed by atoms with Gasteiger partial charge in [-0.1, -0.05) is 0 Å². The van der Waals surface area contributed by atoms with Crippen LogP contribution < -0.4 is 5.32 Å². The van der Waals surface area contributed by atoms with Gasteiger partial charge in [0.15, 0.2) is 0 Å². The van der Waals surface area contributed by atoms with Crippen LogP contribution in [0.25, 0.3) is 0 Å². The summed E-state index contributed by atoms with van der Waals surface area (Å²) in [5, 5.41) is 2.71. The second kappa shape index (κ2) is 3.18. The molecule has 1 amide bonds. The molecule has 1 atom stereocenters. The van der Waals surface area contributed by atoms with Crippen LogP contribution in [0.4, 0.5) is 4.79 Å². The number of nitrogens with one attached hydrogen (secondary N) is 1. The highest BCUT2D eigenvalue weighted by Crippen LogP contribution is 2.32. The number of amides is 1. The molecule has 2 fully saturated rings. The van der Waals surface area contributed by atoms with Crippen molar-refractivity contribution in [2.75, 3.05) is 19.8 Å². The first-order valence-electron chi connectivity index (χ1n) is 4.75. The van der Waals surface area contributed by atoms with Gasteiger partial charge in [0.25, 0.3) is 0 Å². The number of carbonyl (C=O) groups excluding carboxylic acids is 1. The Kier molecular flexibility index (Phi) is 2.15. The third-order valence-electron chi connectivity index (χ3n) is 2.99. The van der Waals surface area contributed by atoms with Gasteiger partial charge in [-0.05, 0) is 19.8 Å². The topological polar surface area (TPSA) is 47.6 Å². The standard InChI is InChI=1S/C9H15NO3/c1-9(6-10-8(11)13-9)7-2-4-12-5-3-7/h7H,2-6H2,1H3,(H,10,11). The Bertz CT molecular complexity index is 213. The first-order valence-corrected chi connectivity index (χ1v) is 4.75. The van der Waals surface area contributed by atoms with E-state index in [1.165, 1.54) is 0 Å². The molecule has 0 saturated carbocycles. The van der Waals surface area contributed by atoms with E-state index in [-0.39, 0.29) is 11.7 Å². The molecule has 74 valence electrons. The smallest absolute Gasteiger partial charge is 0.407 e. The van der Waals surface area contributed by atoms with Gasteiger partial charge in [-0.25, -0.2) is 4.79 Å². The third-order valence-corrected chi connectivity index (χ3v) is 2.99. The van der Waals surface area contributed by atoms with Gasteiger partial charge in [0.05, 0.1) is 6.54 Å². The predicted octanol–water partition coefficient (Wildman–Crippen LogP) is 0.911. The highest BCUT2D eigenvalue weighted by molar-refractivity contribution is 5.70. The fraction of sp³-hybridized carbons (Fsp3) is 0.889. The van der Waals surface area contributed by atoms with Gasteiger partial charge in [0.2, 0.25) is 0 Å². The van der Waals surface area contributed by atoms with Crippen molar-refractivity contribution in [3.8, 4) is 0 Å². The molecule has 0 radical (unpaired) electrons. The summed E-state index contributed by atoms with van der Waals surface area (Å²) in [6.45, 7) is 4.22. The Morgan fingerprint density at radius 1 is 1.46 bits per heavy atom. The van der Waals surface area contributed by atoms with E-state index in [0.717, 1.165) is 26.1 Å². The van der Waals surface area contributed by atoms with Crippen molar-refractivity contribution in [2.45, 2.75) is 25.4 Å². The number of rotatable bonds is 1. The molecule has 0 aliphatic carbocycles. The Morgan fingerprint density at radius 3 is 2.69 bits per heavy atom. The van der Waals surface area contributed by atoms with Crippen LogP contribution in [0.3, 0.4) is 0 Å². The van der Waals surface area contributed by atoms with Crippen molar-refractivity contribution < 1.29 is 14.3 Å². The van der Waals surface area contributed by atoms with Crippen molar-refractivity contribution in [3.63, 3.8) is 0 Å². The molecular weight excluding hydrogens is 170 g/mol. The Morgan fingerprint density at radius 2 is 2.15 bits per heavy atom. The molecule has 0 bridgehead atoms. The number of hydrogen-bond donors (Lipinski definition) is 1. The number of hydrogen-bond acceptors (Lipinski definition) is 3. The molecule has 1 unspecified atom stereocenters. The van der Waals surface area contributed by atoms with Crippen LogP contribution in [0.5, 0.6) is 0 Å². The Hall–Kier alpha value is -0.770. The van der Waals surface area contributed by atoms with Gasteiger partial charge < -0.3 is 14.8 Å². The van der Waals surface area contributed by atoms with Crippen LogP contribution in [-0.2, 0) is 9.47 Å². The van der Waals surface area contributed by atoms with Gasteiger partial charge in [0.1, 0.15) is 5.60 Å². The zero-order valence-electron chi connectivity index (χ0n) is 7.84. The summed E-state index contributed by atoms with van der Waals surface area (Å²) in [5.74, 6) is 0.445. The molecule has 0 aromatic rings. The number of cyclic esters (lactones) is 1. The van der Waals surface area contributed by atoms with Crippen molar-refractivity contribution in [3.05, 3.63) is 0 Å². The Labute approximate surface area is 77.6 Å². The fourth-order valence-corrected chi connectivity index (χ4v) is 2.07. The minimum Gasteiger partial charge on any atom is -0.441 e. The molecule has 0 aromatic carbocycles. The van der Waals surface area contributed by atoms with E-state index in [1.54, 1.807) is 0 Å². The summed E-state index contributed by atoms with van der Waals surface area (Å²) in [4.78, 5) is 10.9. The SMILES string of the molecule is CC1(C2CCOCC2)CNC(=O)O1. The molecule has 2 aliphatic rings.